The van der Waals surface area contributed by atoms with Gasteiger partial charge >= 0.3 is 40.8 Å². The molecule has 0 bridgehead atoms. The summed E-state index contributed by atoms with van der Waals surface area (Å²) >= 11 is 0. The molecule has 2 aromatic carbocycles. The molecule has 2 aromatic rings. The van der Waals surface area contributed by atoms with Gasteiger partial charge in [-0.15, -0.1) is 11.8 Å². The molecule has 0 atom stereocenters. The largest absolute Gasteiger partial charge is 2.00 e. The zero-order chi connectivity index (χ0) is 16.0. The maximum atomic E-state index is 7.82. The molecule has 26 heavy (non-hydrogen) atoms. The Bertz CT molecular complexity index is 739. The molecule has 0 saturated carbocycles. The molecule has 0 heterocycles. The van der Waals surface area contributed by atoms with Crippen molar-refractivity contribution in [1.29, 1.82) is 0 Å². The number of aliphatic imine (C=N–C) groups is 1. The summed E-state index contributed by atoms with van der Waals surface area (Å²) in [4.78, 5) is 4.32. The molecule has 0 radical (unpaired) electrons. The van der Waals surface area contributed by atoms with E-state index in [4.69, 9.17) is 5.73 Å². The number of nitrogens with one attached hydrogen (secondary N) is 2. The van der Waals surface area contributed by atoms with Gasteiger partial charge in [0.25, 0.3) is 0 Å². The van der Waals surface area contributed by atoms with Gasteiger partial charge in [-0.3, -0.25) is 0 Å². The predicted octanol–water partition coefficient (Wildman–Crippen LogP) is 5.59. The van der Waals surface area contributed by atoms with E-state index in [2.05, 4.69) is 28.5 Å². The maximum absolute atomic E-state index is 7.82. The Morgan fingerprint density at radius 3 is 1.96 bits per heavy atom. The van der Waals surface area contributed by atoms with Gasteiger partial charge in [0.2, 0.25) is 0 Å². The van der Waals surface area contributed by atoms with Gasteiger partial charge in [0.05, 0.1) is 0 Å². The number of rotatable bonds is 2. The topological polar surface area (TPSA) is 48.2 Å². The van der Waals surface area contributed by atoms with Gasteiger partial charge in [-0.05, 0) is 32.4 Å². The Balaban J connectivity index is -0.00000132. The second-order valence-corrected chi connectivity index (χ2v) is 5.91. The molecule has 2 rings (SSSR count). The quantitative estimate of drug-likeness (QED) is 0.135. The van der Waals surface area contributed by atoms with E-state index in [1.807, 2.05) is 63.2 Å². The van der Waals surface area contributed by atoms with Crippen molar-refractivity contribution in [1.82, 2.24) is 5.32 Å². The third-order valence-corrected chi connectivity index (χ3v) is 2.77. The van der Waals surface area contributed by atoms with Crippen LogP contribution in [0.3, 0.4) is 0 Å². The molecule has 0 spiro atoms. The van der Waals surface area contributed by atoms with E-state index >= 15 is 0 Å². The molecule has 2 N–H and O–H groups in total. The SMILES string of the molecule is CC(C)(C)N[C-]=Nc1ccccc1C#Cc1ccccc1[NH-].[CH3-].[CH3-].[Pd+2].[Pd+2]. The standard InChI is InChI=1S/C19H19N3.2CH3.2Pd/c1-19(2,3)22-14-21-18-11-7-5-9-16(18)13-12-15-8-4-6-10-17(15)20;;;;/h4-11,20H,1-3H3,(H,21,22);2*1H3;;/q-2;2*-1;2*+2. The molecule has 0 unspecified atom stereocenters. The van der Waals surface area contributed by atoms with E-state index in [-0.39, 0.29) is 61.2 Å². The fraction of sp³-hybridized carbons (Fsp3) is 0.190. The summed E-state index contributed by atoms with van der Waals surface area (Å²) in [5.41, 5.74) is 10.5. The minimum absolute atomic E-state index is 0. The van der Waals surface area contributed by atoms with Gasteiger partial charge in [-0.2, -0.15) is 0 Å². The zero-order valence-electron chi connectivity index (χ0n) is 15.7. The van der Waals surface area contributed by atoms with Crippen LogP contribution in [0.25, 0.3) is 5.73 Å². The first-order valence-electron chi connectivity index (χ1n) is 7.10. The third kappa shape index (κ3) is 9.92. The minimum atomic E-state index is -0.0751. The van der Waals surface area contributed by atoms with Crippen LogP contribution in [0, 0.1) is 26.7 Å². The van der Waals surface area contributed by atoms with Crippen LogP contribution in [0.4, 0.5) is 11.4 Å². The van der Waals surface area contributed by atoms with Crippen LogP contribution in [0.1, 0.15) is 31.9 Å². The average Bonchev–Trinajstić information content (AvgIpc) is 2.46. The van der Waals surface area contributed by atoms with Crippen LogP contribution in [0.2, 0.25) is 0 Å². The summed E-state index contributed by atoms with van der Waals surface area (Å²) in [6.45, 7) is 6.14. The van der Waals surface area contributed by atoms with Crippen molar-refractivity contribution >= 4 is 17.7 Å². The Morgan fingerprint density at radius 1 is 0.885 bits per heavy atom. The van der Waals surface area contributed by atoms with E-state index in [9.17, 15) is 0 Å². The fourth-order valence-corrected chi connectivity index (χ4v) is 1.66. The van der Waals surface area contributed by atoms with Crippen molar-refractivity contribution in [2.45, 2.75) is 26.3 Å². The van der Waals surface area contributed by atoms with Crippen LogP contribution < -0.4 is 5.32 Å². The number of hydrogen-bond donors (Lipinski definition) is 1. The average molecular weight is 532 g/mol. The monoisotopic (exact) mass is 531 g/mol. The van der Waals surface area contributed by atoms with Gasteiger partial charge in [0.1, 0.15) is 0 Å². The van der Waals surface area contributed by atoms with Gasteiger partial charge in [-0.1, -0.05) is 60.3 Å². The summed E-state index contributed by atoms with van der Waals surface area (Å²) in [7, 11) is 0. The van der Waals surface area contributed by atoms with Crippen LogP contribution in [0.15, 0.2) is 53.5 Å². The molecular weight excluding hydrogens is 507 g/mol. The molecule has 5 heteroatoms. The first kappa shape index (κ1) is 29.4. The van der Waals surface area contributed by atoms with Crippen molar-refractivity contribution in [2.75, 3.05) is 0 Å². The first-order valence-corrected chi connectivity index (χ1v) is 7.10. The van der Waals surface area contributed by atoms with Crippen molar-refractivity contribution < 1.29 is 40.8 Å². The van der Waals surface area contributed by atoms with Crippen LogP contribution in [-0.2, 0) is 40.8 Å². The smallest absolute Gasteiger partial charge is 0.698 e. The van der Waals surface area contributed by atoms with Gasteiger partial charge in [0.15, 0.2) is 0 Å². The van der Waals surface area contributed by atoms with Gasteiger partial charge < -0.3 is 30.9 Å². The molecule has 0 aromatic heterocycles. The van der Waals surface area contributed by atoms with E-state index < -0.39 is 0 Å². The summed E-state index contributed by atoms with van der Waals surface area (Å²) in [5, 5.41) is 3.09. The zero-order valence-corrected chi connectivity index (χ0v) is 18.8. The predicted molar refractivity (Wildman–Crippen MR) is 106 cm³/mol. The van der Waals surface area contributed by atoms with E-state index in [0.717, 1.165) is 11.3 Å². The van der Waals surface area contributed by atoms with Gasteiger partial charge in [0, 0.05) is 11.1 Å². The first-order chi connectivity index (χ1) is 10.5. The number of hydrogen-bond acceptors (Lipinski definition) is 1. The van der Waals surface area contributed by atoms with Crippen LogP contribution in [-0.4, -0.2) is 11.9 Å². The summed E-state index contributed by atoms with van der Waals surface area (Å²) in [6, 6.07) is 14.9. The van der Waals surface area contributed by atoms with E-state index in [1.165, 1.54) is 0 Å². The third-order valence-electron chi connectivity index (χ3n) is 2.77. The number of nitrogens with zero attached hydrogens (tertiary/aromatic N) is 1. The molecule has 0 fully saturated rings. The fourth-order valence-electron chi connectivity index (χ4n) is 1.66. The van der Waals surface area contributed by atoms with Crippen LogP contribution >= 0.6 is 0 Å². The molecule has 0 aliphatic heterocycles. The maximum Gasteiger partial charge on any atom is 2.00 e. The number of para-hydroxylation sites is 1. The van der Waals surface area contributed by atoms with Gasteiger partial charge in [-0.25, -0.2) is 0 Å². The normalized spacial score (nSPS) is 9.35. The molecule has 0 aliphatic rings. The second kappa shape index (κ2) is 13.8. The Labute approximate surface area is 186 Å². The second-order valence-electron chi connectivity index (χ2n) is 5.91. The van der Waals surface area contributed by atoms with Crippen molar-refractivity contribution in [3.05, 3.63) is 80.2 Å². The Hall–Kier alpha value is -1.41. The van der Waals surface area contributed by atoms with Crippen molar-refractivity contribution in [3.63, 3.8) is 0 Å². The molecule has 0 amide bonds. The summed E-state index contributed by atoms with van der Waals surface area (Å²) < 4.78 is 0. The molecular formula is C21H25N3Pd2. The van der Waals surface area contributed by atoms with Crippen LogP contribution in [0.5, 0.6) is 0 Å². The molecule has 0 saturated heterocycles. The molecule has 3 nitrogen and oxygen atoms in total. The van der Waals surface area contributed by atoms with Crippen molar-refractivity contribution in [3.8, 4) is 11.8 Å². The van der Waals surface area contributed by atoms with E-state index in [0.29, 0.717) is 11.3 Å². The minimum Gasteiger partial charge on any atom is -0.698 e. The summed E-state index contributed by atoms with van der Waals surface area (Å²) in [5.74, 6) is 6.12. The number of benzene rings is 2. The Morgan fingerprint density at radius 2 is 1.38 bits per heavy atom. The summed E-state index contributed by atoms with van der Waals surface area (Å²) in [6.07, 6.45) is 2.86. The van der Waals surface area contributed by atoms with Crippen molar-refractivity contribution in [2.24, 2.45) is 4.99 Å². The van der Waals surface area contributed by atoms with E-state index in [1.54, 1.807) is 6.07 Å². The Kier molecular flexibility index (Phi) is 15.5. The molecule has 144 valence electrons. The molecule has 0 aliphatic carbocycles.